The van der Waals surface area contributed by atoms with Crippen LogP contribution in [0.4, 0.5) is 10.5 Å². The van der Waals surface area contributed by atoms with Crippen molar-refractivity contribution in [3.63, 3.8) is 0 Å². The Kier molecular flexibility index (Phi) is 2.92. The Morgan fingerprint density at radius 3 is 2.85 bits per heavy atom. The summed E-state index contributed by atoms with van der Waals surface area (Å²) in [5, 5.41) is 2.99. The number of fused-ring (bicyclic) bond motifs is 1. The van der Waals surface area contributed by atoms with Gasteiger partial charge in [-0.1, -0.05) is 18.2 Å². The first-order valence-corrected chi connectivity index (χ1v) is 6.87. The number of nitrogens with one attached hydrogen (secondary N) is 1. The first kappa shape index (κ1) is 13.0. The fourth-order valence-electron chi connectivity index (χ4n) is 3.14. The summed E-state index contributed by atoms with van der Waals surface area (Å²) < 4.78 is 0. The molecule has 1 aromatic rings. The molecular weight excluding hydrogens is 254 g/mol. The van der Waals surface area contributed by atoms with Crippen molar-refractivity contribution in [3.8, 4) is 0 Å². The lowest BCUT2D eigenvalue weighted by molar-refractivity contribution is -0.125. The Morgan fingerprint density at radius 2 is 2.10 bits per heavy atom. The van der Waals surface area contributed by atoms with Crippen molar-refractivity contribution in [2.24, 2.45) is 5.41 Å². The third-order valence-electron chi connectivity index (χ3n) is 4.28. The van der Waals surface area contributed by atoms with Crippen LogP contribution in [0, 0.1) is 5.41 Å². The number of carbonyl (C=O) groups excluding carboxylic acids is 2. The molecule has 5 heteroatoms. The van der Waals surface area contributed by atoms with Crippen LogP contribution in [0.25, 0.3) is 0 Å². The van der Waals surface area contributed by atoms with E-state index in [4.69, 9.17) is 0 Å². The van der Waals surface area contributed by atoms with Gasteiger partial charge in [-0.05, 0) is 24.5 Å². The highest BCUT2D eigenvalue weighted by atomic mass is 16.2. The van der Waals surface area contributed by atoms with Crippen LogP contribution < -0.4 is 5.32 Å². The number of benzene rings is 1. The third kappa shape index (κ3) is 1.94. The Labute approximate surface area is 118 Å². The summed E-state index contributed by atoms with van der Waals surface area (Å²) in [6.45, 7) is 1.15. The maximum atomic E-state index is 12.5. The summed E-state index contributed by atoms with van der Waals surface area (Å²) in [7, 11) is 3.48. The molecule has 1 spiro atoms. The van der Waals surface area contributed by atoms with Gasteiger partial charge in [-0.15, -0.1) is 0 Å². The highest BCUT2D eigenvalue weighted by Gasteiger charge is 2.48. The van der Waals surface area contributed by atoms with Gasteiger partial charge in [0.1, 0.15) is 0 Å². The number of likely N-dealkylation sites (tertiary alicyclic amines) is 1. The molecule has 1 unspecified atom stereocenters. The van der Waals surface area contributed by atoms with Crippen LogP contribution in [0.2, 0.25) is 0 Å². The van der Waals surface area contributed by atoms with E-state index in [0.717, 1.165) is 17.7 Å². The molecule has 1 atom stereocenters. The minimum absolute atomic E-state index is 0.0199. The summed E-state index contributed by atoms with van der Waals surface area (Å²) in [6, 6.07) is 7.87. The van der Waals surface area contributed by atoms with E-state index in [1.54, 1.807) is 23.9 Å². The predicted octanol–water partition coefficient (Wildman–Crippen LogP) is 1.55. The SMILES string of the molecule is CN(C)C(=O)N1CCC2(Cc3ccccc3NC2=O)C1. The minimum atomic E-state index is -0.458. The lowest BCUT2D eigenvalue weighted by Gasteiger charge is -2.33. The lowest BCUT2D eigenvalue weighted by Crippen LogP contribution is -2.46. The fraction of sp³-hybridized carbons (Fsp3) is 0.467. The van der Waals surface area contributed by atoms with Gasteiger partial charge < -0.3 is 15.1 Å². The van der Waals surface area contributed by atoms with Crippen LogP contribution in [0.5, 0.6) is 0 Å². The van der Waals surface area contributed by atoms with Crippen molar-refractivity contribution in [3.05, 3.63) is 29.8 Å². The van der Waals surface area contributed by atoms with Gasteiger partial charge in [0.25, 0.3) is 0 Å². The summed E-state index contributed by atoms with van der Waals surface area (Å²) in [6.07, 6.45) is 1.44. The molecule has 106 valence electrons. The van der Waals surface area contributed by atoms with Crippen LogP contribution in [-0.2, 0) is 11.2 Å². The Morgan fingerprint density at radius 1 is 1.35 bits per heavy atom. The highest BCUT2D eigenvalue weighted by molar-refractivity contribution is 5.99. The van der Waals surface area contributed by atoms with Gasteiger partial charge in [0.15, 0.2) is 0 Å². The van der Waals surface area contributed by atoms with Crippen LogP contribution >= 0.6 is 0 Å². The van der Waals surface area contributed by atoms with Crippen LogP contribution in [0.15, 0.2) is 24.3 Å². The van der Waals surface area contributed by atoms with Gasteiger partial charge in [-0.25, -0.2) is 4.79 Å². The molecule has 3 amide bonds. The molecule has 1 saturated heterocycles. The Hall–Kier alpha value is -2.04. The van der Waals surface area contributed by atoms with Crippen molar-refractivity contribution < 1.29 is 9.59 Å². The number of urea groups is 1. The van der Waals surface area contributed by atoms with Gasteiger partial charge in [0, 0.05) is 32.9 Å². The molecule has 2 heterocycles. The zero-order chi connectivity index (χ0) is 14.3. The topological polar surface area (TPSA) is 52.7 Å². The predicted molar refractivity (Wildman–Crippen MR) is 76.5 cm³/mol. The number of para-hydroxylation sites is 1. The van der Waals surface area contributed by atoms with E-state index < -0.39 is 5.41 Å². The van der Waals surface area contributed by atoms with E-state index in [-0.39, 0.29) is 11.9 Å². The van der Waals surface area contributed by atoms with Gasteiger partial charge in [-0.2, -0.15) is 0 Å². The molecule has 1 fully saturated rings. The normalized spacial score (nSPS) is 24.5. The molecule has 0 aliphatic carbocycles. The first-order chi connectivity index (χ1) is 9.52. The van der Waals surface area contributed by atoms with E-state index in [9.17, 15) is 9.59 Å². The second-order valence-corrected chi connectivity index (χ2v) is 5.92. The van der Waals surface area contributed by atoms with Crippen molar-refractivity contribution in [1.29, 1.82) is 0 Å². The summed E-state index contributed by atoms with van der Waals surface area (Å²) in [5.74, 6) is 0.0465. The van der Waals surface area contributed by atoms with Crippen LogP contribution in [0.3, 0.4) is 0 Å². The average Bonchev–Trinajstić information content (AvgIpc) is 2.84. The van der Waals surface area contributed by atoms with E-state index in [1.807, 2.05) is 24.3 Å². The van der Waals surface area contributed by atoms with Gasteiger partial charge in [-0.3, -0.25) is 4.79 Å². The standard InChI is InChI=1S/C15H19N3O2/c1-17(2)14(20)18-8-7-15(10-18)9-11-5-3-4-6-12(11)16-13(15)19/h3-6H,7-10H2,1-2H3,(H,16,19). The smallest absolute Gasteiger partial charge is 0.319 e. The first-order valence-electron chi connectivity index (χ1n) is 6.87. The second kappa shape index (κ2) is 4.51. The zero-order valence-corrected chi connectivity index (χ0v) is 11.8. The van der Waals surface area contributed by atoms with Crippen molar-refractivity contribution in [2.45, 2.75) is 12.8 Å². The largest absolute Gasteiger partial charge is 0.331 e. The van der Waals surface area contributed by atoms with Crippen molar-refractivity contribution in [1.82, 2.24) is 9.80 Å². The maximum Gasteiger partial charge on any atom is 0.319 e. The number of anilines is 1. The molecule has 0 bridgehead atoms. The average molecular weight is 273 g/mol. The molecule has 3 rings (SSSR count). The van der Waals surface area contributed by atoms with Gasteiger partial charge in [0.05, 0.1) is 5.41 Å². The maximum absolute atomic E-state index is 12.5. The van der Waals surface area contributed by atoms with E-state index in [1.165, 1.54) is 0 Å². The zero-order valence-electron chi connectivity index (χ0n) is 11.8. The molecule has 1 N–H and O–H groups in total. The summed E-state index contributed by atoms with van der Waals surface area (Å²) in [4.78, 5) is 27.8. The lowest BCUT2D eigenvalue weighted by atomic mass is 9.77. The summed E-state index contributed by atoms with van der Waals surface area (Å²) in [5.41, 5.74) is 1.60. The number of amides is 3. The molecule has 0 aromatic heterocycles. The fourth-order valence-corrected chi connectivity index (χ4v) is 3.14. The molecule has 0 saturated carbocycles. The second-order valence-electron chi connectivity index (χ2n) is 5.92. The van der Waals surface area contributed by atoms with Gasteiger partial charge in [0.2, 0.25) is 5.91 Å². The number of hydrogen-bond acceptors (Lipinski definition) is 2. The number of carbonyl (C=O) groups is 2. The molecule has 2 aliphatic heterocycles. The van der Waals surface area contributed by atoms with E-state index >= 15 is 0 Å². The van der Waals surface area contributed by atoms with Crippen molar-refractivity contribution in [2.75, 3.05) is 32.5 Å². The van der Waals surface area contributed by atoms with Crippen molar-refractivity contribution >= 4 is 17.6 Å². The van der Waals surface area contributed by atoms with Crippen LogP contribution in [0.1, 0.15) is 12.0 Å². The molecule has 5 nitrogen and oxygen atoms in total. The minimum Gasteiger partial charge on any atom is -0.331 e. The Bertz CT molecular complexity index is 570. The highest BCUT2D eigenvalue weighted by Crippen LogP contribution is 2.40. The summed E-state index contributed by atoms with van der Waals surface area (Å²) >= 11 is 0. The number of rotatable bonds is 0. The van der Waals surface area contributed by atoms with Crippen LogP contribution in [-0.4, -0.2) is 48.9 Å². The van der Waals surface area contributed by atoms with E-state index in [2.05, 4.69) is 5.32 Å². The number of nitrogens with zero attached hydrogens (tertiary/aromatic N) is 2. The molecule has 0 radical (unpaired) electrons. The third-order valence-corrected chi connectivity index (χ3v) is 4.28. The van der Waals surface area contributed by atoms with E-state index in [0.29, 0.717) is 19.5 Å². The Balaban J connectivity index is 1.85. The molecular formula is C15H19N3O2. The quantitative estimate of drug-likeness (QED) is 0.780. The monoisotopic (exact) mass is 273 g/mol. The molecule has 1 aromatic carbocycles. The molecule has 2 aliphatic rings. The van der Waals surface area contributed by atoms with Gasteiger partial charge >= 0.3 is 6.03 Å². The number of hydrogen-bond donors (Lipinski definition) is 1. The molecule has 20 heavy (non-hydrogen) atoms.